The van der Waals surface area contributed by atoms with Gasteiger partial charge in [-0.3, -0.25) is 24.2 Å². The average molecular weight is 536 g/mol. The van der Waals surface area contributed by atoms with Crippen molar-refractivity contribution in [2.45, 2.75) is 56.7 Å². The monoisotopic (exact) mass is 535 g/mol. The van der Waals surface area contributed by atoms with E-state index in [1.165, 1.54) is 9.91 Å². The lowest BCUT2D eigenvalue weighted by Crippen LogP contribution is -2.64. The summed E-state index contributed by atoms with van der Waals surface area (Å²) in [5, 5.41) is 16.5. The third kappa shape index (κ3) is 4.86. The third-order valence-corrected chi connectivity index (χ3v) is 6.92. The van der Waals surface area contributed by atoms with Gasteiger partial charge in [0.1, 0.15) is 18.1 Å². The summed E-state index contributed by atoms with van der Waals surface area (Å²) in [6.07, 6.45) is 0.620. The van der Waals surface area contributed by atoms with E-state index < -0.39 is 36.0 Å². The fourth-order valence-electron chi connectivity index (χ4n) is 4.79. The SMILES string of the molecule is O=C(O)N[C@H]1CCC(=O)N2CCC[C@@H](C(=O)N3CCCC3C(=O)Nc3ccc(Br)cc3)N2C1=O. The highest BCUT2D eigenvalue weighted by Gasteiger charge is 2.47. The van der Waals surface area contributed by atoms with Gasteiger partial charge < -0.3 is 20.6 Å². The average Bonchev–Trinajstić information content (AvgIpc) is 3.27. The van der Waals surface area contributed by atoms with E-state index in [0.717, 1.165) is 9.48 Å². The second-order valence-electron chi connectivity index (χ2n) is 8.58. The first kappa shape index (κ1) is 24.0. The van der Waals surface area contributed by atoms with E-state index in [2.05, 4.69) is 26.6 Å². The van der Waals surface area contributed by atoms with Crippen LogP contribution < -0.4 is 10.6 Å². The molecule has 0 saturated carbocycles. The van der Waals surface area contributed by atoms with Crippen molar-refractivity contribution in [3.05, 3.63) is 28.7 Å². The molecule has 1 aromatic carbocycles. The highest BCUT2D eigenvalue weighted by atomic mass is 79.9. The summed E-state index contributed by atoms with van der Waals surface area (Å²) < 4.78 is 0.873. The molecule has 1 aromatic rings. The number of amides is 5. The van der Waals surface area contributed by atoms with Crippen LogP contribution in [-0.4, -0.2) is 81.0 Å². The Labute approximate surface area is 204 Å². The number of hydrazine groups is 1. The summed E-state index contributed by atoms with van der Waals surface area (Å²) in [4.78, 5) is 65.2. The van der Waals surface area contributed by atoms with Crippen LogP contribution in [0.1, 0.15) is 38.5 Å². The van der Waals surface area contributed by atoms with Crippen LogP contribution in [-0.2, 0) is 19.2 Å². The van der Waals surface area contributed by atoms with E-state index in [4.69, 9.17) is 5.11 Å². The van der Waals surface area contributed by atoms with Crippen molar-refractivity contribution in [1.29, 1.82) is 0 Å². The molecule has 0 radical (unpaired) electrons. The number of nitrogens with one attached hydrogen (secondary N) is 2. The Hall–Kier alpha value is -3.15. The molecule has 5 amide bonds. The smallest absolute Gasteiger partial charge is 0.405 e. The van der Waals surface area contributed by atoms with Crippen molar-refractivity contribution in [1.82, 2.24) is 20.2 Å². The Bertz CT molecular complexity index is 1000. The number of fused-ring (bicyclic) bond motifs is 1. The van der Waals surface area contributed by atoms with Gasteiger partial charge in [-0.05, 0) is 56.4 Å². The van der Waals surface area contributed by atoms with E-state index in [0.29, 0.717) is 37.9 Å². The molecule has 3 fully saturated rings. The van der Waals surface area contributed by atoms with Gasteiger partial charge in [-0.25, -0.2) is 9.80 Å². The Kier molecular flexibility index (Phi) is 7.05. The molecular weight excluding hydrogens is 510 g/mol. The second kappa shape index (κ2) is 10.00. The first-order valence-electron chi connectivity index (χ1n) is 11.3. The van der Waals surface area contributed by atoms with E-state index in [1.54, 1.807) is 24.3 Å². The van der Waals surface area contributed by atoms with Gasteiger partial charge in [-0.1, -0.05) is 15.9 Å². The number of carbonyl (C=O) groups is 5. The maximum atomic E-state index is 13.6. The van der Waals surface area contributed by atoms with Crippen LogP contribution in [0.4, 0.5) is 10.5 Å². The summed E-state index contributed by atoms with van der Waals surface area (Å²) >= 11 is 3.35. The summed E-state index contributed by atoms with van der Waals surface area (Å²) in [6.45, 7) is 0.641. The van der Waals surface area contributed by atoms with Crippen LogP contribution in [0.15, 0.2) is 28.7 Å². The molecule has 3 aliphatic rings. The summed E-state index contributed by atoms with van der Waals surface area (Å²) in [6, 6.07) is 4.31. The summed E-state index contributed by atoms with van der Waals surface area (Å²) in [5.74, 6) is -1.67. The van der Waals surface area contributed by atoms with Crippen LogP contribution in [0.25, 0.3) is 0 Å². The number of hydrogen-bond acceptors (Lipinski definition) is 5. The lowest BCUT2D eigenvalue weighted by atomic mass is 10.0. The molecule has 12 heteroatoms. The number of nitrogens with zero attached hydrogens (tertiary/aromatic N) is 3. The number of rotatable bonds is 4. The zero-order chi connectivity index (χ0) is 24.4. The number of hydrogen-bond donors (Lipinski definition) is 3. The molecule has 4 rings (SSSR count). The molecule has 3 N–H and O–H groups in total. The predicted octanol–water partition coefficient (Wildman–Crippen LogP) is 1.54. The Balaban J connectivity index is 1.54. The van der Waals surface area contributed by atoms with Crippen molar-refractivity contribution in [3.63, 3.8) is 0 Å². The molecule has 34 heavy (non-hydrogen) atoms. The molecule has 0 aromatic heterocycles. The molecule has 0 aliphatic carbocycles. The van der Waals surface area contributed by atoms with E-state index in [1.807, 2.05) is 0 Å². The lowest BCUT2D eigenvalue weighted by molar-refractivity contribution is -0.179. The molecule has 3 heterocycles. The van der Waals surface area contributed by atoms with Crippen LogP contribution in [0, 0.1) is 0 Å². The first-order valence-corrected chi connectivity index (χ1v) is 12.1. The van der Waals surface area contributed by atoms with E-state index in [9.17, 15) is 24.0 Å². The maximum Gasteiger partial charge on any atom is 0.405 e. The zero-order valence-corrected chi connectivity index (χ0v) is 20.0. The number of anilines is 1. The van der Waals surface area contributed by atoms with Gasteiger partial charge in [-0.2, -0.15) is 0 Å². The van der Waals surface area contributed by atoms with Gasteiger partial charge in [0.15, 0.2) is 0 Å². The van der Waals surface area contributed by atoms with Crippen molar-refractivity contribution in [2.75, 3.05) is 18.4 Å². The lowest BCUT2D eigenvalue weighted by Gasteiger charge is -2.44. The van der Waals surface area contributed by atoms with Crippen molar-refractivity contribution in [2.24, 2.45) is 0 Å². The second-order valence-corrected chi connectivity index (χ2v) is 9.50. The molecule has 0 bridgehead atoms. The first-order chi connectivity index (χ1) is 16.3. The van der Waals surface area contributed by atoms with Gasteiger partial charge in [0.05, 0.1) is 0 Å². The molecule has 182 valence electrons. The van der Waals surface area contributed by atoms with Gasteiger partial charge in [-0.15, -0.1) is 0 Å². The largest absolute Gasteiger partial charge is 0.465 e. The van der Waals surface area contributed by atoms with E-state index in [-0.39, 0.29) is 31.2 Å². The molecule has 0 spiro atoms. The van der Waals surface area contributed by atoms with Crippen molar-refractivity contribution >= 4 is 51.3 Å². The zero-order valence-electron chi connectivity index (χ0n) is 18.4. The quantitative estimate of drug-likeness (QED) is 0.534. The molecule has 1 unspecified atom stereocenters. The summed E-state index contributed by atoms with van der Waals surface area (Å²) in [7, 11) is 0. The minimum absolute atomic E-state index is 0.00394. The fourth-order valence-corrected chi connectivity index (χ4v) is 5.06. The fraction of sp³-hybridized carbons (Fsp3) is 0.500. The van der Waals surface area contributed by atoms with E-state index >= 15 is 0 Å². The molecule has 3 aliphatic heterocycles. The Morgan fingerprint density at radius 2 is 1.65 bits per heavy atom. The van der Waals surface area contributed by atoms with Crippen LogP contribution in [0.5, 0.6) is 0 Å². The minimum Gasteiger partial charge on any atom is -0.465 e. The predicted molar refractivity (Wildman–Crippen MR) is 123 cm³/mol. The van der Waals surface area contributed by atoms with Gasteiger partial charge in [0, 0.05) is 29.7 Å². The highest BCUT2D eigenvalue weighted by molar-refractivity contribution is 9.10. The maximum absolute atomic E-state index is 13.6. The molecular formula is C22H26BrN5O6. The Morgan fingerprint density at radius 3 is 2.35 bits per heavy atom. The van der Waals surface area contributed by atoms with Crippen LogP contribution >= 0.6 is 15.9 Å². The number of carbonyl (C=O) groups excluding carboxylic acids is 4. The molecule has 3 saturated heterocycles. The number of carboxylic acid groups (broad SMARTS) is 1. The van der Waals surface area contributed by atoms with Crippen LogP contribution in [0.3, 0.4) is 0 Å². The van der Waals surface area contributed by atoms with Gasteiger partial charge in [0.25, 0.3) is 5.91 Å². The number of likely N-dealkylation sites (tertiary alicyclic amines) is 1. The van der Waals surface area contributed by atoms with Crippen LogP contribution in [0.2, 0.25) is 0 Å². The minimum atomic E-state index is -1.37. The number of benzene rings is 1. The Morgan fingerprint density at radius 1 is 0.971 bits per heavy atom. The van der Waals surface area contributed by atoms with Crippen molar-refractivity contribution in [3.8, 4) is 0 Å². The highest BCUT2D eigenvalue weighted by Crippen LogP contribution is 2.29. The number of halogens is 1. The van der Waals surface area contributed by atoms with Gasteiger partial charge >= 0.3 is 6.09 Å². The topological polar surface area (TPSA) is 139 Å². The molecule has 3 atom stereocenters. The normalized spacial score (nSPS) is 25.0. The third-order valence-electron chi connectivity index (χ3n) is 6.39. The molecule has 11 nitrogen and oxygen atoms in total. The standard InChI is InChI=1S/C22H26BrN5O6/c23-13-5-7-14(8-6-13)24-19(30)16-3-1-11-26(16)21(32)17-4-2-12-27-18(29)10-9-15(25-22(33)34)20(31)28(17)27/h5-8,15-17,25H,1-4,9-12H2,(H,24,30)(H,33,34)/t15-,16?,17-/m0/s1. The van der Waals surface area contributed by atoms with Crippen molar-refractivity contribution < 1.29 is 29.1 Å². The summed E-state index contributed by atoms with van der Waals surface area (Å²) in [5.41, 5.74) is 0.604. The van der Waals surface area contributed by atoms with Gasteiger partial charge in [0.2, 0.25) is 17.7 Å².